The molecule has 2 aromatic carbocycles. The van der Waals surface area contributed by atoms with Crippen LogP contribution in [0.4, 0.5) is 0 Å². The molecule has 108 valence electrons. The molecule has 0 aliphatic rings. The lowest BCUT2D eigenvalue weighted by Crippen LogP contribution is -2.35. The Balaban J connectivity index is 2.68. The normalized spacial score (nSPS) is 14.4. The summed E-state index contributed by atoms with van der Waals surface area (Å²) in [6.07, 6.45) is 1.26. The third-order valence-electron chi connectivity index (χ3n) is 3.74. The van der Waals surface area contributed by atoms with E-state index >= 15 is 0 Å². The predicted octanol–water partition coefficient (Wildman–Crippen LogP) is 4.75. The molecule has 20 heavy (non-hydrogen) atoms. The van der Waals surface area contributed by atoms with Crippen molar-refractivity contribution < 1.29 is 8.42 Å². The quantitative estimate of drug-likeness (QED) is 0.725. The molecule has 0 aliphatic carbocycles. The molecular weight excluding hydrogens is 360 g/mol. The van der Waals surface area contributed by atoms with E-state index in [2.05, 4.69) is 15.9 Å². The van der Waals surface area contributed by atoms with E-state index < -0.39 is 14.6 Å². The molecule has 1 atom stereocenters. The number of hydrogen-bond donors (Lipinski definition) is 0. The standard InChI is InChI=1S/C15H16BrClO2S/c1-15(2,20(3,18)19)14(16)12-8-9-13(17)11-7-5-4-6-10(11)12/h4-9,14H,1-3H3. The van der Waals surface area contributed by atoms with Gasteiger partial charge in [-0.3, -0.25) is 0 Å². The van der Waals surface area contributed by atoms with Crippen molar-refractivity contribution in [2.24, 2.45) is 0 Å². The molecule has 0 bridgehead atoms. The number of benzene rings is 2. The lowest BCUT2D eigenvalue weighted by molar-refractivity contribution is 0.549. The van der Waals surface area contributed by atoms with Gasteiger partial charge in [-0.15, -0.1) is 0 Å². The summed E-state index contributed by atoms with van der Waals surface area (Å²) in [6, 6.07) is 11.4. The molecule has 0 N–H and O–H groups in total. The van der Waals surface area contributed by atoms with E-state index in [1.807, 2.05) is 36.4 Å². The highest BCUT2D eigenvalue weighted by atomic mass is 79.9. The smallest absolute Gasteiger partial charge is 0.154 e. The van der Waals surface area contributed by atoms with E-state index in [0.29, 0.717) is 5.02 Å². The monoisotopic (exact) mass is 374 g/mol. The predicted molar refractivity (Wildman–Crippen MR) is 89.5 cm³/mol. The van der Waals surface area contributed by atoms with E-state index in [-0.39, 0.29) is 4.83 Å². The van der Waals surface area contributed by atoms with Crippen LogP contribution in [0.25, 0.3) is 10.8 Å². The van der Waals surface area contributed by atoms with Crippen molar-refractivity contribution in [2.75, 3.05) is 6.26 Å². The summed E-state index contributed by atoms with van der Waals surface area (Å²) in [5, 5.41) is 2.57. The van der Waals surface area contributed by atoms with Crippen molar-refractivity contribution in [1.29, 1.82) is 0 Å². The SMILES string of the molecule is CC(C)(C(Br)c1ccc(Cl)c2ccccc12)S(C)(=O)=O. The van der Waals surface area contributed by atoms with Gasteiger partial charge in [0.05, 0.1) is 9.57 Å². The second kappa shape index (κ2) is 5.32. The largest absolute Gasteiger partial charge is 0.229 e. The third-order valence-corrected chi connectivity index (χ3v) is 8.16. The Morgan fingerprint density at radius 1 is 1.10 bits per heavy atom. The number of rotatable bonds is 3. The fourth-order valence-corrected chi connectivity index (χ4v) is 4.22. The van der Waals surface area contributed by atoms with Crippen LogP contribution in [0.2, 0.25) is 5.02 Å². The minimum Gasteiger partial charge on any atom is -0.229 e. The Kier molecular flexibility index (Phi) is 4.20. The zero-order valence-electron chi connectivity index (χ0n) is 11.5. The van der Waals surface area contributed by atoms with Crippen LogP contribution < -0.4 is 0 Å². The van der Waals surface area contributed by atoms with E-state index in [1.165, 1.54) is 6.26 Å². The first-order valence-electron chi connectivity index (χ1n) is 6.17. The van der Waals surface area contributed by atoms with Crippen LogP contribution in [0.5, 0.6) is 0 Å². The summed E-state index contributed by atoms with van der Waals surface area (Å²) in [6.45, 7) is 3.45. The van der Waals surface area contributed by atoms with E-state index in [4.69, 9.17) is 11.6 Å². The zero-order valence-corrected chi connectivity index (χ0v) is 14.7. The molecule has 0 radical (unpaired) electrons. The van der Waals surface area contributed by atoms with Gasteiger partial charge >= 0.3 is 0 Å². The van der Waals surface area contributed by atoms with Gasteiger partial charge in [0.15, 0.2) is 9.84 Å². The van der Waals surface area contributed by atoms with Crippen molar-refractivity contribution >= 4 is 48.1 Å². The first-order chi connectivity index (χ1) is 9.16. The topological polar surface area (TPSA) is 34.1 Å². The van der Waals surface area contributed by atoms with Crippen LogP contribution >= 0.6 is 27.5 Å². The molecular formula is C15H16BrClO2S. The highest BCUT2D eigenvalue weighted by Gasteiger charge is 2.39. The van der Waals surface area contributed by atoms with Crippen molar-refractivity contribution in [3.8, 4) is 0 Å². The maximum Gasteiger partial charge on any atom is 0.154 e. The first-order valence-corrected chi connectivity index (χ1v) is 9.35. The first kappa shape index (κ1) is 15.8. The fraction of sp³-hybridized carbons (Fsp3) is 0.333. The van der Waals surface area contributed by atoms with Gasteiger partial charge in [0.25, 0.3) is 0 Å². The van der Waals surface area contributed by atoms with Gasteiger partial charge in [-0.05, 0) is 30.9 Å². The van der Waals surface area contributed by atoms with Crippen LogP contribution in [0.15, 0.2) is 36.4 Å². The Morgan fingerprint density at radius 2 is 1.65 bits per heavy atom. The summed E-state index contributed by atoms with van der Waals surface area (Å²) in [5.41, 5.74) is 0.931. The zero-order chi connectivity index (χ0) is 15.1. The number of alkyl halides is 1. The molecule has 2 rings (SSSR count). The maximum absolute atomic E-state index is 12.0. The number of fused-ring (bicyclic) bond motifs is 1. The Bertz CT molecular complexity index is 754. The minimum atomic E-state index is -3.21. The van der Waals surface area contributed by atoms with Crippen molar-refractivity contribution in [1.82, 2.24) is 0 Å². The minimum absolute atomic E-state index is 0.313. The second-order valence-corrected chi connectivity index (χ2v) is 9.34. The molecule has 0 saturated carbocycles. The maximum atomic E-state index is 12.0. The van der Waals surface area contributed by atoms with E-state index in [9.17, 15) is 8.42 Å². The van der Waals surface area contributed by atoms with Crippen molar-refractivity contribution in [3.05, 3.63) is 47.0 Å². The Hall–Kier alpha value is -0.580. The average Bonchev–Trinajstić information content (AvgIpc) is 2.37. The van der Waals surface area contributed by atoms with E-state index in [0.717, 1.165) is 16.3 Å². The van der Waals surface area contributed by atoms with Gasteiger partial charge in [-0.2, -0.15) is 0 Å². The summed E-state index contributed by atoms with van der Waals surface area (Å²) in [4.78, 5) is -0.313. The van der Waals surface area contributed by atoms with Crippen LogP contribution in [-0.4, -0.2) is 19.4 Å². The van der Waals surface area contributed by atoms with Gasteiger partial charge in [-0.1, -0.05) is 57.9 Å². The molecule has 2 nitrogen and oxygen atoms in total. The molecule has 0 amide bonds. The highest BCUT2D eigenvalue weighted by Crippen LogP contribution is 2.42. The number of hydrogen-bond acceptors (Lipinski definition) is 2. The van der Waals surface area contributed by atoms with Crippen LogP contribution in [-0.2, 0) is 9.84 Å². The molecule has 2 aromatic rings. The Labute approximate surface area is 133 Å². The van der Waals surface area contributed by atoms with Gasteiger partial charge in [0.1, 0.15) is 0 Å². The summed E-state index contributed by atoms with van der Waals surface area (Å²) >= 11 is 9.77. The highest BCUT2D eigenvalue weighted by molar-refractivity contribution is 9.09. The second-order valence-electron chi connectivity index (χ2n) is 5.42. The van der Waals surface area contributed by atoms with Crippen LogP contribution in [0.1, 0.15) is 24.2 Å². The van der Waals surface area contributed by atoms with E-state index in [1.54, 1.807) is 13.8 Å². The summed E-state index contributed by atoms with van der Waals surface area (Å²) in [5.74, 6) is 0. The Morgan fingerprint density at radius 3 is 2.20 bits per heavy atom. The molecule has 0 fully saturated rings. The van der Waals surface area contributed by atoms with Gasteiger partial charge in [0, 0.05) is 16.7 Å². The van der Waals surface area contributed by atoms with Gasteiger partial charge < -0.3 is 0 Å². The molecule has 0 aliphatic heterocycles. The van der Waals surface area contributed by atoms with Crippen molar-refractivity contribution in [3.63, 3.8) is 0 Å². The fourth-order valence-electron chi connectivity index (χ4n) is 2.07. The van der Waals surface area contributed by atoms with Crippen LogP contribution in [0.3, 0.4) is 0 Å². The molecule has 0 saturated heterocycles. The van der Waals surface area contributed by atoms with Crippen LogP contribution in [0, 0.1) is 0 Å². The lowest BCUT2D eigenvalue weighted by atomic mass is 9.96. The number of sulfone groups is 1. The molecule has 0 aromatic heterocycles. The van der Waals surface area contributed by atoms with Gasteiger partial charge in [-0.25, -0.2) is 8.42 Å². The summed E-state index contributed by atoms with van der Waals surface area (Å²) in [7, 11) is -3.21. The summed E-state index contributed by atoms with van der Waals surface area (Å²) < 4.78 is 23.1. The molecule has 1 unspecified atom stereocenters. The van der Waals surface area contributed by atoms with Crippen molar-refractivity contribution in [2.45, 2.75) is 23.4 Å². The average molecular weight is 376 g/mol. The number of halogens is 2. The molecule has 0 spiro atoms. The lowest BCUT2D eigenvalue weighted by Gasteiger charge is -2.29. The molecule has 0 heterocycles. The third kappa shape index (κ3) is 2.61. The van der Waals surface area contributed by atoms with Gasteiger partial charge in [0.2, 0.25) is 0 Å². The molecule has 5 heteroatoms.